The third-order valence-corrected chi connectivity index (χ3v) is 2.84. The van der Waals surface area contributed by atoms with E-state index in [9.17, 15) is 13.2 Å². The van der Waals surface area contributed by atoms with E-state index < -0.39 is 11.9 Å². The molecule has 1 heterocycles. The van der Waals surface area contributed by atoms with Crippen LogP contribution in [0.25, 0.3) is 0 Å². The van der Waals surface area contributed by atoms with Gasteiger partial charge in [0.1, 0.15) is 0 Å². The highest BCUT2D eigenvalue weighted by molar-refractivity contribution is 6.21. The number of para-hydroxylation sites is 1. The van der Waals surface area contributed by atoms with Gasteiger partial charge in [0.15, 0.2) is 11.5 Å². The molecule has 1 aromatic heterocycles. The maximum atomic E-state index is 12.4. The molecule has 1 atom stereocenters. The molecule has 0 saturated heterocycles. The van der Waals surface area contributed by atoms with E-state index in [0.717, 1.165) is 11.6 Å². The molecule has 1 unspecified atom stereocenters. The summed E-state index contributed by atoms with van der Waals surface area (Å²) in [6, 6.07) is 9.33. The fraction of sp³-hybridized carbons (Fsp3) is 0.231. The molecule has 0 aliphatic heterocycles. The molecule has 3 nitrogen and oxygen atoms in total. The Hall–Kier alpha value is -1.82. The molecule has 1 N–H and O–H groups in total. The van der Waals surface area contributed by atoms with Gasteiger partial charge in [0.05, 0.1) is 5.38 Å². The first kappa shape index (κ1) is 14.6. The highest BCUT2D eigenvalue weighted by atomic mass is 35.5. The second-order valence-electron chi connectivity index (χ2n) is 4.13. The Balaban J connectivity index is 2.23. The van der Waals surface area contributed by atoms with Crippen LogP contribution in [0.3, 0.4) is 0 Å². The average molecular weight is 302 g/mol. The van der Waals surface area contributed by atoms with Crippen LogP contribution in [0.1, 0.15) is 23.6 Å². The molecule has 0 aliphatic carbocycles. The van der Waals surface area contributed by atoms with Gasteiger partial charge in [-0.1, -0.05) is 18.2 Å². The summed E-state index contributed by atoms with van der Waals surface area (Å²) in [6.45, 7) is 1.81. The zero-order chi connectivity index (χ0) is 14.8. The molecule has 0 spiro atoms. The van der Waals surface area contributed by atoms with Crippen molar-refractivity contribution in [2.24, 2.45) is 0 Å². The van der Waals surface area contributed by atoms with Gasteiger partial charge >= 0.3 is 6.18 Å². The number of alkyl halides is 4. The van der Waals surface area contributed by atoms with E-state index in [0.29, 0.717) is 5.69 Å². The van der Waals surface area contributed by atoms with Crippen LogP contribution in [-0.2, 0) is 6.18 Å². The van der Waals surface area contributed by atoms with Crippen LogP contribution >= 0.6 is 11.6 Å². The van der Waals surface area contributed by atoms with Crippen molar-refractivity contribution in [1.82, 2.24) is 10.2 Å². The van der Waals surface area contributed by atoms with Crippen molar-refractivity contribution in [2.45, 2.75) is 18.5 Å². The highest BCUT2D eigenvalue weighted by Gasteiger charge is 2.32. The fourth-order valence-corrected chi connectivity index (χ4v) is 1.84. The molecule has 1 aromatic carbocycles. The number of aromatic nitrogens is 2. The van der Waals surface area contributed by atoms with Gasteiger partial charge in [-0.05, 0) is 30.7 Å². The predicted molar refractivity (Wildman–Crippen MR) is 71.0 cm³/mol. The van der Waals surface area contributed by atoms with Crippen molar-refractivity contribution >= 4 is 23.1 Å². The zero-order valence-corrected chi connectivity index (χ0v) is 11.2. The zero-order valence-electron chi connectivity index (χ0n) is 10.4. The number of hydrogen-bond acceptors (Lipinski definition) is 3. The quantitative estimate of drug-likeness (QED) is 0.846. The molecule has 0 saturated carbocycles. The number of nitrogens with zero attached hydrogens (tertiary/aromatic N) is 2. The number of rotatable bonds is 3. The molecular weight excluding hydrogens is 291 g/mol. The summed E-state index contributed by atoms with van der Waals surface area (Å²) in [5.74, 6) is 0.225. The van der Waals surface area contributed by atoms with Crippen LogP contribution in [-0.4, -0.2) is 10.2 Å². The van der Waals surface area contributed by atoms with Crippen molar-refractivity contribution in [3.05, 3.63) is 47.7 Å². The van der Waals surface area contributed by atoms with E-state index in [1.165, 1.54) is 6.07 Å². The van der Waals surface area contributed by atoms with E-state index >= 15 is 0 Å². The Kier molecular flexibility index (Phi) is 4.13. The molecule has 0 bridgehead atoms. The SMILES string of the molecule is CC(Cl)c1ccccc1Nc1ccc(C(F)(F)F)nn1. The fourth-order valence-electron chi connectivity index (χ4n) is 1.65. The van der Waals surface area contributed by atoms with E-state index in [-0.39, 0.29) is 11.2 Å². The van der Waals surface area contributed by atoms with E-state index in [1.54, 1.807) is 19.1 Å². The topological polar surface area (TPSA) is 37.8 Å². The van der Waals surface area contributed by atoms with Gasteiger partial charge in [0.25, 0.3) is 0 Å². The molecule has 0 fully saturated rings. The molecule has 7 heteroatoms. The largest absolute Gasteiger partial charge is 0.435 e. The third-order valence-electron chi connectivity index (χ3n) is 2.61. The maximum Gasteiger partial charge on any atom is 0.435 e. The molecule has 2 aromatic rings. The third kappa shape index (κ3) is 3.39. The lowest BCUT2D eigenvalue weighted by Gasteiger charge is -2.13. The number of halogens is 4. The second-order valence-corrected chi connectivity index (χ2v) is 4.78. The number of benzene rings is 1. The van der Waals surface area contributed by atoms with Crippen LogP contribution in [0.2, 0.25) is 0 Å². The van der Waals surface area contributed by atoms with Gasteiger partial charge in [0, 0.05) is 5.69 Å². The van der Waals surface area contributed by atoms with Crippen LogP contribution in [0, 0.1) is 0 Å². The van der Waals surface area contributed by atoms with Crippen molar-refractivity contribution in [3.8, 4) is 0 Å². The predicted octanol–water partition coefficient (Wildman–Crippen LogP) is 4.54. The maximum absolute atomic E-state index is 12.4. The van der Waals surface area contributed by atoms with Crippen LogP contribution in [0.5, 0.6) is 0 Å². The summed E-state index contributed by atoms with van der Waals surface area (Å²) < 4.78 is 37.1. The van der Waals surface area contributed by atoms with Crippen molar-refractivity contribution in [3.63, 3.8) is 0 Å². The van der Waals surface area contributed by atoms with Gasteiger partial charge < -0.3 is 5.32 Å². The first-order valence-electron chi connectivity index (χ1n) is 5.79. The smallest absolute Gasteiger partial charge is 0.338 e. The standard InChI is InChI=1S/C13H11ClF3N3/c1-8(14)9-4-2-3-5-10(9)18-12-7-6-11(19-20-12)13(15,16)17/h2-8H,1H3,(H,18,20). The van der Waals surface area contributed by atoms with Gasteiger partial charge in [0.2, 0.25) is 0 Å². The lowest BCUT2D eigenvalue weighted by molar-refractivity contribution is -0.141. The summed E-state index contributed by atoms with van der Waals surface area (Å²) in [7, 11) is 0. The summed E-state index contributed by atoms with van der Waals surface area (Å²) >= 11 is 6.03. The number of anilines is 2. The normalized spacial score (nSPS) is 13.1. The van der Waals surface area contributed by atoms with E-state index in [4.69, 9.17) is 11.6 Å². The van der Waals surface area contributed by atoms with Crippen molar-refractivity contribution in [2.75, 3.05) is 5.32 Å². The Morgan fingerprint density at radius 1 is 1.10 bits per heavy atom. The molecule has 0 aliphatic rings. The van der Waals surface area contributed by atoms with Crippen molar-refractivity contribution < 1.29 is 13.2 Å². The van der Waals surface area contributed by atoms with Crippen LogP contribution < -0.4 is 5.32 Å². The molecule has 2 rings (SSSR count). The monoisotopic (exact) mass is 301 g/mol. The Morgan fingerprint density at radius 2 is 1.80 bits per heavy atom. The van der Waals surface area contributed by atoms with Gasteiger partial charge in [-0.15, -0.1) is 21.8 Å². The summed E-state index contributed by atoms with van der Waals surface area (Å²) in [4.78, 5) is 0. The lowest BCUT2D eigenvalue weighted by atomic mass is 10.1. The van der Waals surface area contributed by atoms with E-state index in [1.807, 2.05) is 12.1 Å². The minimum absolute atomic E-state index is 0.225. The number of hydrogen-bond donors (Lipinski definition) is 1. The first-order chi connectivity index (χ1) is 9.38. The minimum Gasteiger partial charge on any atom is -0.338 e. The van der Waals surface area contributed by atoms with Gasteiger partial charge in [-0.2, -0.15) is 13.2 Å². The molecule has 0 amide bonds. The Morgan fingerprint density at radius 3 is 2.35 bits per heavy atom. The van der Waals surface area contributed by atoms with Crippen LogP contribution in [0.4, 0.5) is 24.7 Å². The Labute approximate surface area is 118 Å². The summed E-state index contributed by atoms with van der Waals surface area (Å²) in [6.07, 6.45) is -4.49. The van der Waals surface area contributed by atoms with Crippen LogP contribution in [0.15, 0.2) is 36.4 Å². The minimum atomic E-state index is -4.49. The summed E-state index contributed by atoms with van der Waals surface area (Å²) in [5.41, 5.74) is 0.488. The van der Waals surface area contributed by atoms with Gasteiger partial charge in [-0.25, -0.2) is 0 Å². The van der Waals surface area contributed by atoms with E-state index in [2.05, 4.69) is 15.5 Å². The summed E-state index contributed by atoms with van der Waals surface area (Å²) in [5, 5.41) is 9.34. The molecule has 0 radical (unpaired) electrons. The highest BCUT2D eigenvalue weighted by Crippen LogP contribution is 2.30. The lowest BCUT2D eigenvalue weighted by Crippen LogP contribution is -2.09. The Bertz CT molecular complexity index is 582. The average Bonchev–Trinajstić information content (AvgIpc) is 2.38. The molecular formula is C13H11ClF3N3. The molecule has 106 valence electrons. The first-order valence-corrected chi connectivity index (χ1v) is 6.22. The van der Waals surface area contributed by atoms with Crippen molar-refractivity contribution in [1.29, 1.82) is 0 Å². The molecule has 20 heavy (non-hydrogen) atoms. The number of nitrogens with one attached hydrogen (secondary N) is 1. The second kappa shape index (κ2) is 5.66. The van der Waals surface area contributed by atoms with Gasteiger partial charge in [-0.3, -0.25) is 0 Å².